The molecule has 0 saturated carbocycles. The van der Waals surface area contributed by atoms with E-state index < -0.39 is 0 Å². The van der Waals surface area contributed by atoms with Gasteiger partial charge in [0.2, 0.25) is 4.77 Å². The van der Waals surface area contributed by atoms with Gasteiger partial charge in [0.1, 0.15) is 0 Å². The Labute approximate surface area is 132 Å². The fourth-order valence-corrected chi connectivity index (χ4v) is 2.88. The van der Waals surface area contributed by atoms with Crippen molar-refractivity contribution in [1.29, 1.82) is 0 Å². The summed E-state index contributed by atoms with van der Waals surface area (Å²) in [5.74, 6) is 0.683. The minimum absolute atomic E-state index is 0.464. The van der Waals surface area contributed by atoms with Crippen LogP contribution in [0.4, 0.5) is 0 Å². The summed E-state index contributed by atoms with van der Waals surface area (Å²) in [6.07, 6.45) is 1.77. The average Bonchev–Trinajstić information content (AvgIpc) is 3.06. The van der Waals surface area contributed by atoms with Crippen LogP contribution in [0.2, 0.25) is 0 Å². The van der Waals surface area contributed by atoms with Gasteiger partial charge in [-0.25, -0.2) is 5.10 Å². The number of aromatic amines is 1. The van der Waals surface area contributed by atoms with Crippen molar-refractivity contribution in [2.24, 2.45) is 5.10 Å². The molecule has 0 spiro atoms. The van der Waals surface area contributed by atoms with Crippen LogP contribution in [-0.2, 0) is 0 Å². The maximum Gasteiger partial charge on any atom is 0.216 e. The topological polar surface area (TPSA) is 46.0 Å². The molecule has 3 rings (SSSR count). The highest BCUT2D eigenvalue weighted by Crippen LogP contribution is 2.21. The molecule has 0 aliphatic carbocycles. The summed E-state index contributed by atoms with van der Waals surface area (Å²) in [6.45, 7) is 0. The van der Waals surface area contributed by atoms with E-state index in [2.05, 4.69) is 31.2 Å². The molecule has 0 unspecified atom stereocenters. The van der Waals surface area contributed by atoms with Crippen LogP contribution in [0.3, 0.4) is 0 Å². The number of hydrogen-bond acceptors (Lipinski definition) is 4. The van der Waals surface area contributed by atoms with E-state index in [-0.39, 0.29) is 0 Å². The lowest BCUT2D eigenvalue weighted by atomic mass is 10.2. The molecule has 4 nitrogen and oxygen atoms in total. The zero-order chi connectivity index (χ0) is 13.9. The first-order valence-electron chi connectivity index (χ1n) is 5.74. The maximum atomic E-state index is 5.22. The van der Waals surface area contributed by atoms with Gasteiger partial charge < -0.3 is 0 Å². The summed E-state index contributed by atoms with van der Waals surface area (Å²) in [4.78, 5) is 0. The lowest BCUT2D eigenvalue weighted by Crippen LogP contribution is -1.94. The van der Waals surface area contributed by atoms with Gasteiger partial charge in [-0.05, 0) is 41.2 Å². The largest absolute Gasteiger partial charge is 0.250 e. The first-order valence-corrected chi connectivity index (χ1v) is 7.88. The lowest BCUT2D eigenvalue weighted by molar-refractivity contribution is 0.871. The molecule has 7 heteroatoms. The standard InChI is InChI=1S/C13H9BrN4S2/c14-11-3-1-2-10(6-11)12-16-17-13(19)18(12)15-7-9-4-5-20-8-9/h1-8H,(H,17,19)/b15-7-. The molecule has 0 bridgehead atoms. The van der Waals surface area contributed by atoms with E-state index >= 15 is 0 Å². The van der Waals surface area contributed by atoms with Crippen molar-refractivity contribution in [1.82, 2.24) is 14.9 Å². The summed E-state index contributed by atoms with van der Waals surface area (Å²) < 4.78 is 3.07. The van der Waals surface area contributed by atoms with Gasteiger partial charge >= 0.3 is 0 Å². The van der Waals surface area contributed by atoms with Crippen LogP contribution in [0.1, 0.15) is 5.56 Å². The van der Waals surface area contributed by atoms with E-state index in [1.54, 1.807) is 22.2 Å². The molecular weight excluding hydrogens is 356 g/mol. The van der Waals surface area contributed by atoms with Gasteiger partial charge in [0, 0.05) is 15.6 Å². The van der Waals surface area contributed by atoms with E-state index in [1.165, 1.54) is 0 Å². The molecule has 0 aliphatic rings. The zero-order valence-electron chi connectivity index (χ0n) is 10.2. The Kier molecular flexibility index (Phi) is 3.90. The first-order chi connectivity index (χ1) is 9.74. The molecule has 0 saturated heterocycles. The fourth-order valence-electron chi connectivity index (χ4n) is 1.69. The summed E-state index contributed by atoms with van der Waals surface area (Å²) >= 11 is 10.3. The number of nitrogens with one attached hydrogen (secondary N) is 1. The van der Waals surface area contributed by atoms with Crippen LogP contribution in [0.15, 0.2) is 50.7 Å². The SMILES string of the molecule is S=c1[nH]nc(-c2cccc(Br)c2)n1/N=C\c1ccsc1. The molecule has 2 aromatic heterocycles. The number of rotatable bonds is 3. The third-order valence-electron chi connectivity index (χ3n) is 2.60. The Hall–Kier alpha value is -1.57. The average molecular weight is 365 g/mol. The number of benzene rings is 1. The molecule has 2 heterocycles. The van der Waals surface area contributed by atoms with Gasteiger partial charge in [0.15, 0.2) is 5.82 Å². The molecule has 100 valence electrons. The van der Waals surface area contributed by atoms with Gasteiger partial charge in [-0.2, -0.15) is 26.2 Å². The van der Waals surface area contributed by atoms with Crippen molar-refractivity contribution in [3.63, 3.8) is 0 Å². The smallest absolute Gasteiger partial charge is 0.216 e. The lowest BCUT2D eigenvalue weighted by Gasteiger charge is -2.01. The molecule has 0 amide bonds. The molecule has 0 aliphatic heterocycles. The van der Waals surface area contributed by atoms with Crippen molar-refractivity contribution < 1.29 is 0 Å². The molecule has 1 N–H and O–H groups in total. The van der Waals surface area contributed by atoms with Crippen LogP contribution >= 0.6 is 39.5 Å². The second-order valence-electron chi connectivity index (χ2n) is 3.98. The minimum Gasteiger partial charge on any atom is -0.250 e. The predicted molar refractivity (Wildman–Crippen MR) is 87.9 cm³/mol. The van der Waals surface area contributed by atoms with E-state index in [0.717, 1.165) is 15.6 Å². The summed E-state index contributed by atoms with van der Waals surface area (Å²) in [5, 5.41) is 15.4. The molecule has 1 aromatic carbocycles. The highest BCUT2D eigenvalue weighted by Gasteiger charge is 2.08. The Balaban J connectivity index is 2.04. The van der Waals surface area contributed by atoms with Crippen LogP contribution < -0.4 is 0 Å². The number of halogens is 1. The summed E-state index contributed by atoms with van der Waals surface area (Å²) in [5.41, 5.74) is 1.98. The Morgan fingerprint density at radius 2 is 2.30 bits per heavy atom. The molecular formula is C13H9BrN4S2. The van der Waals surface area contributed by atoms with Crippen molar-refractivity contribution in [2.75, 3.05) is 0 Å². The van der Waals surface area contributed by atoms with Crippen LogP contribution in [-0.4, -0.2) is 21.1 Å². The number of thiophene rings is 1. The van der Waals surface area contributed by atoms with E-state index in [0.29, 0.717) is 10.6 Å². The van der Waals surface area contributed by atoms with E-state index in [9.17, 15) is 0 Å². The van der Waals surface area contributed by atoms with Gasteiger partial charge in [-0.3, -0.25) is 0 Å². The van der Waals surface area contributed by atoms with Gasteiger partial charge in [0.05, 0.1) is 6.21 Å². The first kappa shape index (κ1) is 13.4. The van der Waals surface area contributed by atoms with Gasteiger partial charge in [0.25, 0.3) is 0 Å². The van der Waals surface area contributed by atoms with Crippen molar-refractivity contribution in [3.8, 4) is 11.4 Å². The molecule has 20 heavy (non-hydrogen) atoms. The monoisotopic (exact) mass is 364 g/mol. The summed E-state index contributed by atoms with van der Waals surface area (Å²) in [7, 11) is 0. The Morgan fingerprint density at radius 1 is 1.40 bits per heavy atom. The van der Waals surface area contributed by atoms with Gasteiger partial charge in [-0.1, -0.05) is 28.1 Å². The molecule has 0 fully saturated rings. The highest BCUT2D eigenvalue weighted by atomic mass is 79.9. The normalized spacial score (nSPS) is 11.2. The third-order valence-corrected chi connectivity index (χ3v) is 4.06. The van der Waals surface area contributed by atoms with Crippen LogP contribution in [0, 0.1) is 4.77 Å². The predicted octanol–water partition coefficient (Wildman–Crippen LogP) is 4.31. The third kappa shape index (κ3) is 2.79. The zero-order valence-corrected chi connectivity index (χ0v) is 13.4. The van der Waals surface area contributed by atoms with E-state index in [4.69, 9.17) is 12.2 Å². The Morgan fingerprint density at radius 3 is 3.05 bits per heavy atom. The minimum atomic E-state index is 0.464. The van der Waals surface area contributed by atoms with E-state index in [1.807, 2.05) is 41.1 Å². The highest BCUT2D eigenvalue weighted by molar-refractivity contribution is 9.10. The van der Waals surface area contributed by atoms with Crippen molar-refractivity contribution in [2.45, 2.75) is 0 Å². The quantitative estimate of drug-likeness (QED) is 0.555. The number of H-pyrrole nitrogens is 1. The van der Waals surface area contributed by atoms with Crippen molar-refractivity contribution >= 4 is 45.7 Å². The van der Waals surface area contributed by atoms with Crippen LogP contribution in [0.5, 0.6) is 0 Å². The Bertz CT molecular complexity index is 802. The molecule has 0 atom stereocenters. The maximum absolute atomic E-state index is 5.22. The number of hydrogen-bond donors (Lipinski definition) is 1. The summed E-state index contributed by atoms with van der Waals surface area (Å²) in [6, 6.07) is 9.85. The number of nitrogens with zero attached hydrogens (tertiary/aromatic N) is 3. The number of aromatic nitrogens is 3. The molecule has 0 radical (unpaired) electrons. The van der Waals surface area contributed by atoms with Gasteiger partial charge in [-0.15, -0.1) is 0 Å². The van der Waals surface area contributed by atoms with Crippen LogP contribution in [0.25, 0.3) is 11.4 Å². The van der Waals surface area contributed by atoms with Crippen molar-refractivity contribution in [3.05, 3.63) is 55.9 Å². The second-order valence-corrected chi connectivity index (χ2v) is 6.06. The molecule has 3 aromatic rings. The fraction of sp³-hybridized carbons (Fsp3) is 0. The second kappa shape index (κ2) is 5.82.